The molecule has 1 aromatic rings. The predicted octanol–water partition coefficient (Wildman–Crippen LogP) is 0.934. The van der Waals surface area contributed by atoms with Gasteiger partial charge in [0.15, 0.2) is 0 Å². The summed E-state index contributed by atoms with van der Waals surface area (Å²) in [7, 11) is -0.623. The molecule has 1 aliphatic rings. The SMILES string of the molecule is CN(C)S(=O)(=O)c1cccc(OCC2CCOC2)c1N. The van der Waals surface area contributed by atoms with E-state index in [0.717, 1.165) is 17.3 Å². The number of nitrogens with two attached hydrogens (primary N) is 1. The van der Waals surface area contributed by atoms with Crippen LogP contribution in [0.1, 0.15) is 6.42 Å². The molecule has 2 N–H and O–H groups in total. The molecule has 1 unspecified atom stereocenters. The van der Waals surface area contributed by atoms with Crippen molar-refractivity contribution in [2.45, 2.75) is 11.3 Å². The fourth-order valence-corrected chi connectivity index (χ4v) is 3.02. The summed E-state index contributed by atoms with van der Waals surface area (Å²) in [5.74, 6) is 0.739. The third-order valence-corrected chi connectivity index (χ3v) is 5.16. The molecule has 1 fully saturated rings. The van der Waals surface area contributed by atoms with Crippen LogP contribution in [0.3, 0.4) is 0 Å². The van der Waals surface area contributed by atoms with E-state index in [9.17, 15) is 8.42 Å². The molecule has 0 bridgehead atoms. The molecule has 2 rings (SSSR count). The molecule has 0 radical (unpaired) electrons. The first-order valence-electron chi connectivity index (χ1n) is 6.44. The highest BCUT2D eigenvalue weighted by Gasteiger charge is 2.23. The molecule has 1 aromatic carbocycles. The van der Waals surface area contributed by atoms with Crippen LogP contribution in [0.25, 0.3) is 0 Å². The molecular weight excluding hydrogens is 280 g/mol. The molecule has 0 spiro atoms. The molecule has 1 heterocycles. The Morgan fingerprint density at radius 2 is 2.20 bits per heavy atom. The summed E-state index contributed by atoms with van der Waals surface area (Å²) in [4.78, 5) is 0.0719. The maximum absolute atomic E-state index is 12.1. The first-order chi connectivity index (χ1) is 9.43. The number of hydrogen-bond donors (Lipinski definition) is 1. The molecule has 1 atom stereocenters. The highest BCUT2D eigenvalue weighted by molar-refractivity contribution is 7.89. The number of hydrogen-bond acceptors (Lipinski definition) is 5. The number of nitrogen functional groups attached to an aromatic ring is 1. The summed E-state index contributed by atoms with van der Waals surface area (Å²) in [6.07, 6.45) is 0.954. The van der Waals surface area contributed by atoms with Crippen molar-refractivity contribution in [1.29, 1.82) is 0 Å². The van der Waals surface area contributed by atoms with Crippen LogP contribution < -0.4 is 10.5 Å². The summed E-state index contributed by atoms with van der Waals surface area (Å²) in [6.45, 7) is 1.91. The average Bonchev–Trinajstić information content (AvgIpc) is 2.90. The van der Waals surface area contributed by atoms with Gasteiger partial charge in [0.1, 0.15) is 10.6 Å². The lowest BCUT2D eigenvalue weighted by Gasteiger charge is -2.17. The van der Waals surface area contributed by atoms with Crippen LogP contribution >= 0.6 is 0 Å². The van der Waals surface area contributed by atoms with Crippen LogP contribution in [0.4, 0.5) is 5.69 Å². The Morgan fingerprint density at radius 1 is 1.45 bits per heavy atom. The number of nitrogens with zero attached hydrogens (tertiary/aromatic N) is 1. The number of sulfonamides is 1. The van der Waals surface area contributed by atoms with Crippen molar-refractivity contribution in [3.8, 4) is 5.75 Å². The maximum Gasteiger partial charge on any atom is 0.244 e. The second-order valence-electron chi connectivity index (χ2n) is 5.00. The standard InChI is InChI=1S/C13H20N2O4S/c1-15(2)20(16,17)12-5-3-4-11(13(12)14)19-9-10-6-7-18-8-10/h3-5,10H,6-9,14H2,1-2H3. The molecule has 0 saturated carbocycles. The Labute approximate surface area is 119 Å². The van der Waals surface area contributed by atoms with E-state index in [1.165, 1.54) is 20.2 Å². The van der Waals surface area contributed by atoms with Gasteiger partial charge < -0.3 is 15.2 Å². The Kier molecular flexibility index (Phi) is 4.52. The summed E-state index contributed by atoms with van der Waals surface area (Å²) in [5, 5.41) is 0. The van der Waals surface area contributed by atoms with Gasteiger partial charge in [0.25, 0.3) is 0 Å². The Hall–Kier alpha value is -1.31. The fraction of sp³-hybridized carbons (Fsp3) is 0.538. The van der Waals surface area contributed by atoms with Crippen molar-refractivity contribution < 1.29 is 17.9 Å². The van der Waals surface area contributed by atoms with Gasteiger partial charge >= 0.3 is 0 Å². The molecule has 0 aromatic heterocycles. The van der Waals surface area contributed by atoms with E-state index in [1.54, 1.807) is 12.1 Å². The maximum atomic E-state index is 12.1. The van der Waals surface area contributed by atoms with Crippen LogP contribution in [-0.2, 0) is 14.8 Å². The van der Waals surface area contributed by atoms with Crippen LogP contribution in [0.5, 0.6) is 5.75 Å². The Balaban J connectivity index is 2.19. The molecule has 0 aliphatic carbocycles. The van der Waals surface area contributed by atoms with E-state index < -0.39 is 10.0 Å². The lowest BCUT2D eigenvalue weighted by atomic mass is 10.1. The highest BCUT2D eigenvalue weighted by atomic mass is 32.2. The van der Waals surface area contributed by atoms with Crippen molar-refractivity contribution in [3.63, 3.8) is 0 Å². The van der Waals surface area contributed by atoms with E-state index in [0.29, 0.717) is 24.9 Å². The van der Waals surface area contributed by atoms with Crippen molar-refractivity contribution in [2.24, 2.45) is 5.92 Å². The van der Waals surface area contributed by atoms with Crippen LogP contribution in [0.15, 0.2) is 23.1 Å². The van der Waals surface area contributed by atoms with E-state index in [2.05, 4.69) is 0 Å². The molecule has 1 aliphatic heterocycles. The zero-order chi connectivity index (χ0) is 14.8. The molecule has 7 heteroatoms. The zero-order valence-electron chi connectivity index (χ0n) is 11.7. The van der Waals surface area contributed by atoms with E-state index in [1.807, 2.05) is 0 Å². The lowest BCUT2D eigenvalue weighted by molar-refractivity contribution is 0.167. The smallest absolute Gasteiger partial charge is 0.244 e. The summed E-state index contributed by atoms with van der Waals surface area (Å²) in [5.41, 5.74) is 6.08. The average molecular weight is 300 g/mol. The predicted molar refractivity (Wildman–Crippen MR) is 76.1 cm³/mol. The number of benzene rings is 1. The van der Waals surface area contributed by atoms with Gasteiger partial charge in [-0.3, -0.25) is 0 Å². The van der Waals surface area contributed by atoms with Gasteiger partial charge in [0.2, 0.25) is 10.0 Å². The van der Waals surface area contributed by atoms with E-state index in [-0.39, 0.29) is 10.6 Å². The molecular formula is C13H20N2O4S. The van der Waals surface area contributed by atoms with Crippen molar-refractivity contribution in [1.82, 2.24) is 4.31 Å². The molecule has 20 heavy (non-hydrogen) atoms. The summed E-state index contributed by atoms with van der Waals surface area (Å²) >= 11 is 0. The second-order valence-corrected chi connectivity index (χ2v) is 7.12. The van der Waals surface area contributed by atoms with Crippen molar-refractivity contribution in [2.75, 3.05) is 39.6 Å². The van der Waals surface area contributed by atoms with Gasteiger partial charge in [-0.25, -0.2) is 12.7 Å². The first kappa shape index (κ1) is 15.1. The minimum Gasteiger partial charge on any atom is -0.491 e. The van der Waals surface area contributed by atoms with Gasteiger partial charge in [-0.15, -0.1) is 0 Å². The van der Waals surface area contributed by atoms with Gasteiger partial charge in [-0.2, -0.15) is 0 Å². The summed E-state index contributed by atoms with van der Waals surface area (Å²) < 4.78 is 36.3. The van der Waals surface area contributed by atoms with Crippen LogP contribution in [-0.4, -0.2) is 46.6 Å². The number of ether oxygens (including phenoxy) is 2. The van der Waals surface area contributed by atoms with Gasteiger partial charge in [0, 0.05) is 26.6 Å². The normalized spacial score (nSPS) is 19.4. The van der Waals surface area contributed by atoms with E-state index in [4.69, 9.17) is 15.2 Å². The quantitative estimate of drug-likeness (QED) is 0.818. The number of rotatable bonds is 5. The molecule has 0 amide bonds. The van der Waals surface area contributed by atoms with E-state index >= 15 is 0 Å². The largest absolute Gasteiger partial charge is 0.491 e. The molecule has 1 saturated heterocycles. The van der Waals surface area contributed by atoms with Gasteiger partial charge in [0.05, 0.1) is 18.9 Å². The Morgan fingerprint density at radius 3 is 2.80 bits per heavy atom. The highest BCUT2D eigenvalue weighted by Crippen LogP contribution is 2.30. The molecule has 6 nitrogen and oxygen atoms in total. The van der Waals surface area contributed by atoms with Gasteiger partial charge in [-0.1, -0.05) is 6.07 Å². The van der Waals surface area contributed by atoms with Crippen LogP contribution in [0, 0.1) is 5.92 Å². The minimum absolute atomic E-state index is 0.0719. The second kappa shape index (κ2) is 5.99. The minimum atomic E-state index is -3.56. The molecule has 112 valence electrons. The third-order valence-electron chi connectivity index (χ3n) is 3.28. The van der Waals surface area contributed by atoms with Crippen LogP contribution in [0.2, 0.25) is 0 Å². The van der Waals surface area contributed by atoms with Gasteiger partial charge in [-0.05, 0) is 18.6 Å². The lowest BCUT2D eigenvalue weighted by Crippen LogP contribution is -2.23. The Bertz CT molecular complexity index is 566. The summed E-state index contributed by atoms with van der Waals surface area (Å²) in [6, 6.07) is 4.79. The number of anilines is 1. The van der Waals surface area contributed by atoms with Crippen molar-refractivity contribution in [3.05, 3.63) is 18.2 Å². The first-order valence-corrected chi connectivity index (χ1v) is 7.88. The zero-order valence-corrected chi connectivity index (χ0v) is 12.5. The number of para-hydroxylation sites is 1. The monoisotopic (exact) mass is 300 g/mol. The van der Waals surface area contributed by atoms with Crippen molar-refractivity contribution >= 4 is 15.7 Å². The third kappa shape index (κ3) is 3.05. The fourth-order valence-electron chi connectivity index (χ4n) is 1.99. The topological polar surface area (TPSA) is 81.9 Å².